The molecule has 6 heteroatoms. The van der Waals surface area contributed by atoms with Crippen molar-refractivity contribution in [3.63, 3.8) is 0 Å². The third-order valence-corrected chi connectivity index (χ3v) is 3.99. The minimum Gasteiger partial charge on any atom is -0.327 e. The van der Waals surface area contributed by atoms with Gasteiger partial charge in [0.25, 0.3) is 0 Å². The highest BCUT2D eigenvalue weighted by atomic mass is 32.1. The normalized spacial score (nSPS) is 22.7. The van der Waals surface area contributed by atoms with Crippen LogP contribution in [0.1, 0.15) is 26.2 Å². The van der Waals surface area contributed by atoms with Gasteiger partial charge < -0.3 is 11.1 Å². The first-order valence-corrected chi connectivity index (χ1v) is 7.24. The van der Waals surface area contributed by atoms with Crippen LogP contribution in [-0.4, -0.2) is 41.0 Å². The van der Waals surface area contributed by atoms with E-state index in [1.807, 2.05) is 12.3 Å². The molecule has 0 aliphatic carbocycles. The molecule has 100 valence electrons. The van der Waals surface area contributed by atoms with E-state index in [2.05, 4.69) is 15.2 Å². The van der Waals surface area contributed by atoms with Crippen LogP contribution in [0, 0.1) is 0 Å². The van der Waals surface area contributed by atoms with E-state index in [0.717, 1.165) is 19.4 Å². The first kappa shape index (κ1) is 13.5. The zero-order valence-corrected chi connectivity index (χ0v) is 11.4. The Hall–Kier alpha value is -0.980. The van der Waals surface area contributed by atoms with Gasteiger partial charge in [-0.25, -0.2) is 4.98 Å². The molecule has 1 aliphatic rings. The highest BCUT2D eigenvalue weighted by molar-refractivity contribution is 7.13. The third-order valence-electron chi connectivity index (χ3n) is 3.30. The Kier molecular flexibility index (Phi) is 4.68. The lowest BCUT2D eigenvalue weighted by Crippen LogP contribution is -2.51. The van der Waals surface area contributed by atoms with Gasteiger partial charge in [-0.2, -0.15) is 0 Å². The van der Waals surface area contributed by atoms with Gasteiger partial charge in [0.2, 0.25) is 5.91 Å². The summed E-state index contributed by atoms with van der Waals surface area (Å²) in [6.07, 6.45) is 5.12. The Bertz CT molecular complexity index is 379. The maximum atomic E-state index is 11.9. The summed E-state index contributed by atoms with van der Waals surface area (Å²) in [6.45, 7) is 3.38. The van der Waals surface area contributed by atoms with Gasteiger partial charge in [0.05, 0.1) is 6.54 Å². The summed E-state index contributed by atoms with van der Waals surface area (Å²) < 4.78 is 0. The summed E-state index contributed by atoms with van der Waals surface area (Å²) in [5.74, 6) is -0.00231. The fourth-order valence-electron chi connectivity index (χ4n) is 2.44. The Balaban J connectivity index is 1.88. The summed E-state index contributed by atoms with van der Waals surface area (Å²) in [6, 6.07) is 0.429. The Labute approximate surface area is 111 Å². The molecule has 0 saturated carbocycles. The molecule has 2 unspecified atom stereocenters. The van der Waals surface area contributed by atoms with Crippen molar-refractivity contribution in [1.82, 2.24) is 9.88 Å². The zero-order valence-electron chi connectivity index (χ0n) is 10.6. The lowest BCUT2D eigenvalue weighted by Gasteiger charge is -2.37. The predicted octanol–water partition coefficient (Wildman–Crippen LogP) is 1.28. The number of thiazole rings is 1. The van der Waals surface area contributed by atoms with E-state index < -0.39 is 0 Å². The minimum absolute atomic E-state index is 0.00231. The topological polar surface area (TPSA) is 71.2 Å². The smallest absolute Gasteiger partial charge is 0.240 e. The van der Waals surface area contributed by atoms with E-state index in [1.54, 1.807) is 6.20 Å². The molecule has 1 fully saturated rings. The molecule has 1 amide bonds. The molecular weight excluding hydrogens is 248 g/mol. The number of hydrogen-bond acceptors (Lipinski definition) is 5. The van der Waals surface area contributed by atoms with Crippen LogP contribution in [-0.2, 0) is 4.79 Å². The van der Waals surface area contributed by atoms with Crippen molar-refractivity contribution in [1.29, 1.82) is 0 Å². The summed E-state index contributed by atoms with van der Waals surface area (Å²) in [4.78, 5) is 18.2. The maximum Gasteiger partial charge on any atom is 0.240 e. The number of likely N-dealkylation sites (tertiary alicyclic amines) is 1. The minimum atomic E-state index is -0.00231. The van der Waals surface area contributed by atoms with Gasteiger partial charge in [-0.3, -0.25) is 9.69 Å². The number of rotatable bonds is 4. The second-order valence-electron chi connectivity index (χ2n) is 4.78. The highest BCUT2D eigenvalue weighted by Crippen LogP contribution is 2.19. The Morgan fingerprint density at radius 1 is 1.72 bits per heavy atom. The van der Waals surface area contributed by atoms with Gasteiger partial charge in [-0.05, 0) is 26.3 Å². The molecule has 2 atom stereocenters. The summed E-state index contributed by atoms with van der Waals surface area (Å²) in [5.41, 5.74) is 5.99. The van der Waals surface area contributed by atoms with Crippen LogP contribution in [0.15, 0.2) is 11.6 Å². The van der Waals surface area contributed by atoms with Crippen molar-refractivity contribution in [3.05, 3.63) is 11.6 Å². The van der Waals surface area contributed by atoms with Crippen LogP contribution < -0.4 is 11.1 Å². The van der Waals surface area contributed by atoms with Crippen LogP contribution in [0.2, 0.25) is 0 Å². The van der Waals surface area contributed by atoms with E-state index in [0.29, 0.717) is 17.7 Å². The fourth-order valence-corrected chi connectivity index (χ4v) is 2.98. The number of hydrogen-bond donors (Lipinski definition) is 2. The molecule has 0 spiro atoms. The third kappa shape index (κ3) is 3.51. The van der Waals surface area contributed by atoms with Crippen molar-refractivity contribution in [2.75, 3.05) is 18.4 Å². The summed E-state index contributed by atoms with van der Waals surface area (Å²) in [5, 5.41) is 5.32. The molecule has 0 radical (unpaired) electrons. The number of carbonyl (C=O) groups excluding carboxylic acids is 1. The van der Waals surface area contributed by atoms with Gasteiger partial charge in [-0.1, -0.05) is 6.42 Å². The first-order valence-electron chi connectivity index (χ1n) is 6.36. The second kappa shape index (κ2) is 6.26. The first-order chi connectivity index (χ1) is 8.66. The lowest BCUT2D eigenvalue weighted by molar-refractivity contribution is -0.118. The number of nitrogens with two attached hydrogens (primary N) is 1. The number of nitrogens with one attached hydrogen (secondary N) is 1. The summed E-state index contributed by atoms with van der Waals surface area (Å²) in [7, 11) is 0. The van der Waals surface area contributed by atoms with Gasteiger partial charge in [0, 0.05) is 23.7 Å². The molecule has 1 saturated heterocycles. The number of anilines is 1. The van der Waals surface area contributed by atoms with Gasteiger partial charge in [-0.15, -0.1) is 11.3 Å². The molecule has 5 nitrogen and oxygen atoms in total. The molecule has 2 heterocycles. The number of piperidine rings is 1. The van der Waals surface area contributed by atoms with Crippen molar-refractivity contribution in [2.24, 2.45) is 5.73 Å². The van der Waals surface area contributed by atoms with Crippen LogP contribution in [0.25, 0.3) is 0 Å². The summed E-state index contributed by atoms with van der Waals surface area (Å²) >= 11 is 1.43. The second-order valence-corrected chi connectivity index (χ2v) is 5.67. The van der Waals surface area contributed by atoms with Crippen LogP contribution >= 0.6 is 11.3 Å². The van der Waals surface area contributed by atoms with Gasteiger partial charge >= 0.3 is 0 Å². The standard InChI is InChI=1S/C12H20N4OS/c1-9(13)10-4-2-3-6-16(10)8-11(17)15-12-14-5-7-18-12/h5,7,9-10H,2-4,6,8,13H2,1H3,(H,14,15,17). The molecule has 0 aromatic carbocycles. The van der Waals surface area contributed by atoms with Crippen molar-refractivity contribution < 1.29 is 4.79 Å². The van der Waals surface area contributed by atoms with Crippen LogP contribution in [0.3, 0.4) is 0 Å². The fraction of sp³-hybridized carbons (Fsp3) is 0.667. The van der Waals surface area contributed by atoms with E-state index in [-0.39, 0.29) is 11.9 Å². The molecule has 1 aliphatic heterocycles. The van der Waals surface area contributed by atoms with E-state index >= 15 is 0 Å². The lowest BCUT2D eigenvalue weighted by atomic mass is 9.97. The van der Waals surface area contributed by atoms with Crippen molar-refractivity contribution >= 4 is 22.4 Å². The Morgan fingerprint density at radius 2 is 2.56 bits per heavy atom. The predicted molar refractivity (Wildman–Crippen MR) is 73.6 cm³/mol. The van der Waals surface area contributed by atoms with Gasteiger partial charge in [0.1, 0.15) is 0 Å². The average Bonchev–Trinajstić information content (AvgIpc) is 2.82. The molecule has 2 rings (SSSR count). The van der Waals surface area contributed by atoms with Gasteiger partial charge in [0.15, 0.2) is 5.13 Å². The molecule has 1 aromatic rings. The van der Waals surface area contributed by atoms with Crippen molar-refractivity contribution in [2.45, 2.75) is 38.3 Å². The SMILES string of the molecule is CC(N)C1CCCCN1CC(=O)Nc1nccs1. The van der Waals surface area contributed by atoms with E-state index in [1.165, 1.54) is 17.8 Å². The number of amides is 1. The molecule has 18 heavy (non-hydrogen) atoms. The Morgan fingerprint density at radius 3 is 3.22 bits per heavy atom. The number of nitrogens with zero attached hydrogens (tertiary/aromatic N) is 2. The van der Waals surface area contributed by atoms with E-state index in [4.69, 9.17) is 5.73 Å². The monoisotopic (exact) mass is 268 g/mol. The average molecular weight is 268 g/mol. The van der Waals surface area contributed by atoms with E-state index in [9.17, 15) is 4.79 Å². The van der Waals surface area contributed by atoms with Crippen LogP contribution in [0.5, 0.6) is 0 Å². The molecule has 0 bridgehead atoms. The number of aromatic nitrogens is 1. The molecular formula is C12H20N4OS. The molecule has 1 aromatic heterocycles. The highest BCUT2D eigenvalue weighted by Gasteiger charge is 2.26. The molecule has 3 N–H and O–H groups in total. The quantitative estimate of drug-likeness (QED) is 0.863. The largest absolute Gasteiger partial charge is 0.327 e. The van der Waals surface area contributed by atoms with Crippen LogP contribution in [0.4, 0.5) is 5.13 Å². The zero-order chi connectivity index (χ0) is 13.0. The number of carbonyl (C=O) groups is 1. The van der Waals surface area contributed by atoms with Crippen molar-refractivity contribution in [3.8, 4) is 0 Å². The maximum absolute atomic E-state index is 11.9.